The fraction of sp³-hybridized carbons (Fsp3) is 0.538. The molecule has 2 unspecified atom stereocenters. The van der Waals surface area contributed by atoms with E-state index >= 15 is 0 Å². The molecule has 2 atom stereocenters. The summed E-state index contributed by atoms with van der Waals surface area (Å²) < 4.78 is 40.7. The van der Waals surface area contributed by atoms with E-state index in [-0.39, 0.29) is 16.3 Å². The van der Waals surface area contributed by atoms with Crippen molar-refractivity contribution in [3.05, 3.63) is 22.7 Å². The van der Waals surface area contributed by atoms with Crippen molar-refractivity contribution >= 4 is 21.6 Å². The first-order chi connectivity index (χ1) is 9.39. The van der Waals surface area contributed by atoms with Gasteiger partial charge in [0.1, 0.15) is 5.75 Å². The van der Waals surface area contributed by atoms with Crippen molar-refractivity contribution in [1.29, 1.82) is 0 Å². The minimum Gasteiger partial charge on any atom is -0.405 e. The van der Waals surface area contributed by atoms with Crippen LogP contribution in [0.2, 0.25) is 0 Å². The van der Waals surface area contributed by atoms with E-state index in [9.17, 15) is 13.2 Å². The molecule has 1 fully saturated rings. The number of anilines is 1. The van der Waals surface area contributed by atoms with Crippen molar-refractivity contribution < 1.29 is 17.9 Å². The number of ether oxygens (including phenoxy) is 1. The molecule has 0 bridgehead atoms. The number of hydrogen-bond acceptors (Lipinski definition) is 3. The van der Waals surface area contributed by atoms with Crippen LogP contribution in [0, 0.1) is 5.92 Å². The van der Waals surface area contributed by atoms with Gasteiger partial charge in [-0.25, -0.2) is 0 Å². The van der Waals surface area contributed by atoms with Crippen LogP contribution in [0.3, 0.4) is 0 Å². The lowest BCUT2D eigenvalue weighted by molar-refractivity contribution is -0.274. The van der Waals surface area contributed by atoms with Crippen molar-refractivity contribution in [3.8, 4) is 5.75 Å². The van der Waals surface area contributed by atoms with Gasteiger partial charge < -0.3 is 15.8 Å². The molecule has 1 aromatic carbocycles. The van der Waals surface area contributed by atoms with Crippen molar-refractivity contribution in [2.45, 2.75) is 31.7 Å². The van der Waals surface area contributed by atoms with Gasteiger partial charge in [0.15, 0.2) is 0 Å². The van der Waals surface area contributed by atoms with Gasteiger partial charge in [-0.05, 0) is 59.4 Å². The second-order valence-corrected chi connectivity index (χ2v) is 5.72. The Bertz CT molecular complexity index is 467. The van der Waals surface area contributed by atoms with Crippen molar-refractivity contribution in [2.24, 2.45) is 11.7 Å². The van der Waals surface area contributed by atoms with Crippen molar-refractivity contribution in [2.75, 3.05) is 11.9 Å². The number of rotatable bonds is 4. The summed E-state index contributed by atoms with van der Waals surface area (Å²) in [7, 11) is 0. The summed E-state index contributed by atoms with van der Waals surface area (Å²) in [6.07, 6.45) is -1.45. The molecule has 0 aromatic heterocycles. The van der Waals surface area contributed by atoms with Gasteiger partial charge in [0.05, 0.1) is 4.47 Å². The zero-order chi connectivity index (χ0) is 14.8. The van der Waals surface area contributed by atoms with Gasteiger partial charge in [-0.1, -0.05) is 6.42 Å². The van der Waals surface area contributed by atoms with Crippen LogP contribution in [0.1, 0.15) is 19.3 Å². The Labute approximate surface area is 123 Å². The van der Waals surface area contributed by atoms with Crippen LogP contribution in [0.15, 0.2) is 22.7 Å². The summed E-state index contributed by atoms with van der Waals surface area (Å²) in [6, 6.07) is 4.75. The average Bonchev–Trinajstić information content (AvgIpc) is 2.78. The third-order valence-corrected chi connectivity index (χ3v) is 4.09. The molecule has 112 valence electrons. The van der Waals surface area contributed by atoms with Crippen LogP contribution < -0.4 is 15.8 Å². The quantitative estimate of drug-likeness (QED) is 0.864. The lowest BCUT2D eigenvalue weighted by Gasteiger charge is -2.21. The number of benzene rings is 1. The van der Waals surface area contributed by atoms with Crippen LogP contribution in [0.4, 0.5) is 18.9 Å². The molecular formula is C13H16BrF3N2O. The maximum Gasteiger partial charge on any atom is 0.573 e. The Morgan fingerprint density at radius 2 is 2.10 bits per heavy atom. The zero-order valence-corrected chi connectivity index (χ0v) is 12.3. The maximum atomic E-state index is 12.2. The largest absolute Gasteiger partial charge is 0.573 e. The monoisotopic (exact) mass is 352 g/mol. The van der Waals surface area contributed by atoms with E-state index < -0.39 is 6.36 Å². The smallest absolute Gasteiger partial charge is 0.405 e. The normalized spacial score (nSPS) is 22.9. The molecule has 3 N–H and O–H groups in total. The highest BCUT2D eigenvalue weighted by atomic mass is 79.9. The van der Waals surface area contributed by atoms with E-state index in [1.807, 2.05) is 0 Å². The molecular weight excluding hydrogens is 337 g/mol. The summed E-state index contributed by atoms with van der Waals surface area (Å²) in [5.41, 5.74) is 6.47. The number of alkyl halides is 3. The molecule has 20 heavy (non-hydrogen) atoms. The highest BCUT2D eigenvalue weighted by Gasteiger charge is 2.32. The number of hydrogen-bond donors (Lipinski definition) is 2. The molecule has 0 spiro atoms. The van der Waals surface area contributed by atoms with Gasteiger partial charge >= 0.3 is 6.36 Å². The fourth-order valence-electron chi connectivity index (χ4n) is 2.52. The Morgan fingerprint density at radius 1 is 1.35 bits per heavy atom. The summed E-state index contributed by atoms with van der Waals surface area (Å²) >= 11 is 3.09. The molecule has 0 saturated heterocycles. The highest BCUT2D eigenvalue weighted by molar-refractivity contribution is 9.10. The predicted octanol–water partition coefficient (Wildman–Crippen LogP) is 3.89. The second-order valence-electron chi connectivity index (χ2n) is 4.87. The van der Waals surface area contributed by atoms with Gasteiger partial charge in [0.2, 0.25) is 0 Å². The molecule has 7 heteroatoms. The first-order valence-electron chi connectivity index (χ1n) is 6.41. The molecule has 0 heterocycles. The molecule has 1 aliphatic carbocycles. The molecule has 1 saturated carbocycles. The number of nitrogens with two attached hydrogens (primary N) is 1. The first kappa shape index (κ1) is 15.4. The molecule has 1 aliphatic rings. The summed E-state index contributed by atoms with van der Waals surface area (Å²) in [5, 5.41) is 3.33. The van der Waals surface area contributed by atoms with Gasteiger partial charge in [0, 0.05) is 11.7 Å². The molecule has 0 radical (unpaired) electrons. The molecule has 2 rings (SSSR count). The standard InChI is InChI=1S/C13H16BrF3N2O/c14-10-6-9(4-5-12(10)20-13(15,16)17)19-11-3-1-2-8(11)7-18/h4-6,8,11,19H,1-3,7,18H2. The van der Waals surface area contributed by atoms with Crippen LogP contribution in [0.25, 0.3) is 0 Å². The van der Waals surface area contributed by atoms with Crippen LogP contribution in [-0.4, -0.2) is 18.9 Å². The Kier molecular flexibility index (Phi) is 4.80. The van der Waals surface area contributed by atoms with E-state index in [0.29, 0.717) is 12.5 Å². The predicted molar refractivity (Wildman–Crippen MR) is 74.6 cm³/mol. The van der Waals surface area contributed by atoms with E-state index in [1.54, 1.807) is 12.1 Å². The summed E-state index contributed by atoms with van der Waals surface area (Å²) in [4.78, 5) is 0. The number of nitrogens with one attached hydrogen (secondary N) is 1. The Hall–Kier alpha value is -0.950. The highest BCUT2D eigenvalue weighted by Crippen LogP contribution is 2.34. The van der Waals surface area contributed by atoms with Gasteiger partial charge in [-0.3, -0.25) is 0 Å². The summed E-state index contributed by atoms with van der Waals surface area (Å²) in [5.74, 6) is 0.171. The van der Waals surface area contributed by atoms with E-state index in [4.69, 9.17) is 5.73 Å². The van der Waals surface area contributed by atoms with Gasteiger partial charge in [0.25, 0.3) is 0 Å². The zero-order valence-electron chi connectivity index (χ0n) is 10.7. The molecule has 3 nitrogen and oxygen atoms in total. The molecule has 0 aliphatic heterocycles. The van der Waals surface area contributed by atoms with Crippen LogP contribution in [0.5, 0.6) is 5.75 Å². The Balaban J connectivity index is 2.05. The number of halogens is 4. The minimum atomic E-state index is -4.69. The second kappa shape index (κ2) is 6.22. The fourth-order valence-corrected chi connectivity index (χ4v) is 2.98. The maximum absolute atomic E-state index is 12.2. The van der Waals surface area contributed by atoms with Gasteiger partial charge in [-0.2, -0.15) is 0 Å². The van der Waals surface area contributed by atoms with E-state index in [2.05, 4.69) is 26.0 Å². The van der Waals surface area contributed by atoms with Crippen LogP contribution in [-0.2, 0) is 0 Å². The lowest BCUT2D eigenvalue weighted by atomic mass is 10.0. The van der Waals surface area contributed by atoms with Gasteiger partial charge in [-0.15, -0.1) is 13.2 Å². The van der Waals surface area contributed by atoms with E-state index in [1.165, 1.54) is 6.07 Å². The van der Waals surface area contributed by atoms with E-state index in [0.717, 1.165) is 24.9 Å². The molecule has 0 amide bonds. The Morgan fingerprint density at radius 3 is 2.70 bits per heavy atom. The third-order valence-electron chi connectivity index (χ3n) is 3.47. The lowest BCUT2D eigenvalue weighted by Crippen LogP contribution is -2.29. The third kappa shape index (κ3) is 4.02. The first-order valence-corrected chi connectivity index (χ1v) is 7.20. The topological polar surface area (TPSA) is 47.3 Å². The average molecular weight is 353 g/mol. The molecule has 1 aromatic rings. The van der Waals surface area contributed by atoms with Crippen molar-refractivity contribution in [3.63, 3.8) is 0 Å². The van der Waals surface area contributed by atoms with Crippen LogP contribution >= 0.6 is 15.9 Å². The summed E-state index contributed by atoms with van der Waals surface area (Å²) in [6.45, 7) is 0.619. The SMILES string of the molecule is NCC1CCCC1Nc1ccc(OC(F)(F)F)c(Br)c1. The minimum absolute atomic E-state index is 0.246. The van der Waals surface area contributed by atoms with Crippen molar-refractivity contribution in [1.82, 2.24) is 0 Å².